The predicted molar refractivity (Wildman–Crippen MR) is 76.7 cm³/mol. The van der Waals surface area contributed by atoms with Crippen LogP contribution in [0.1, 0.15) is 15.9 Å². The van der Waals surface area contributed by atoms with Crippen molar-refractivity contribution < 1.29 is 9.18 Å². The van der Waals surface area contributed by atoms with Gasteiger partial charge in [0.15, 0.2) is 11.4 Å². The second kappa shape index (κ2) is 5.09. The molecule has 100 valence electrons. The van der Waals surface area contributed by atoms with Crippen molar-refractivity contribution in [3.05, 3.63) is 53.3 Å². The Morgan fingerprint density at radius 3 is 2.90 bits per heavy atom. The molecule has 0 aliphatic rings. The third-order valence-corrected chi connectivity index (χ3v) is 3.90. The second-order valence-electron chi connectivity index (χ2n) is 4.46. The Hall–Kier alpha value is -2.14. The molecule has 0 fully saturated rings. The molecule has 2 aromatic carbocycles. The van der Waals surface area contributed by atoms with E-state index in [2.05, 4.69) is 9.97 Å². The summed E-state index contributed by atoms with van der Waals surface area (Å²) in [6.45, 7) is 2.01. The number of benzene rings is 2. The van der Waals surface area contributed by atoms with Crippen LogP contribution in [0.5, 0.6) is 0 Å². The predicted octanol–water partition coefficient (Wildman–Crippen LogP) is 3.97. The standard InChI is InChI=1S/C15H11FN2OS/c1-9-2-4-12-13(6-9)18-15(17-12)20-14-5-3-11(16)7-10(14)8-19/h2-8H,1H3,(H,17,18). The topological polar surface area (TPSA) is 45.8 Å². The fourth-order valence-electron chi connectivity index (χ4n) is 1.96. The van der Waals surface area contributed by atoms with Crippen molar-refractivity contribution in [2.45, 2.75) is 17.0 Å². The van der Waals surface area contributed by atoms with Crippen LogP contribution in [-0.4, -0.2) is 16.3 Å². The number of carbonyl (C=O) groups is 1. The summed E-state index contributed by atoms with van der Waals surface area (Å²) in [6.07, 6.45) is 0.651. The van der Waals surface area contributed by atoms with Gasteiger partial charge in [-0.1, -0.05) is 17.8 Å². The van der Waals surface area contributed by atoms with Crippen LogP contribution in [0.25, 0.3) is 11.0 Å². The minimum atomic E-state index is -0.420. The van der Waals surface area contributed by atoms with Gasteiger partial charge in [0, 0.05) is 10.5 Å². The molecule has 20 heavy (non-hydrogen) atoms. The normalized spacial score (nSPS) is 10.9. The van der Waals surface area contributed by atoms with Crippen LogP contribution in [0, 0.1) is 12.7 Å². The molecule has 5 heteroatoms. The van der Waals surface area contributed by atoms with E-state index in [1.165, 1.54) is 23.9 Å². The first-order valence-corrected chi connectivity index (χ1v) is 6.86. The number of hydrogen-bond acceptors (Lipinski definition) is 3. The fraction of sp³-hybridized carbons (Fsp3) is 0.0667. The minimum absolute atomic E-state index is 0.326. The van der Waals surface area contributed by atoms with Crippen LogP contribution in [0.2, 0.25) is 0 Å². The van der Waals surface area contributed by atoms with Crippen LogP contribution in [0.3, 0.4) is 0 Å². The molecule has 1 N–H and O–H groups in total. The Morgan fingerprint density at radius 2 is 2.10 bits per heavy atom. The second-order valence-corrected chi connectivity index (χ2v) is 5.50. The number of halogens is 1. The number of nitrogens with zero attached hydrogens (tertiary/aromatic N) is 1. The van der Waals surface area contributed by atoms with Crippen LogP contribution < -0.4 is 0 Å². The highest BCUT2D eigenvalue weighted by atomic mass is 32.2. The Kier molecular flexibility index (Phi) is 3.28. The average molecular weight is 286 g/mol. The summed E-state index contributed by atoms with van der Waals surface area (Å²) in [5, 5.41) is 0.681. The van der Waals surface area contributed by atoms with Crippen molar-refractivity contribution in [2.24, 2.45) is 0 Å². The van der Waals surface area contributed by atoms with Crippen LogP contribution in [-0.2, 0) is 0 Å². The van der Waals surface area contributed by atoms with Crippen LogP contribution in [0.15, 0.2) is 46.5 Å². The molecule has 0 saturated heterocycles. The van der Waals surface area contributed by atoms with E-state index in [-0.39, 0.29) is 0 Å². The maximum Gasteiger partial charge on any atom is 0.171 e. The van der Waals surface area contributed by atoms with Gasteiger partial charge in [-0.05, 0) is 42.8 Å². The molecule has 1 aromatic heterocycles. The van der Waals surface area contributed by atoms with Gasteiger partial charge >= 0.3 is 0 Å². The summed E-state index contributed by atoms with van der Waals surface area (Å²) in [4.78, 5) is 19.3. The van der Waals surface area contributed by atoms with E-state index in [0.717, 1.165) is 16.6 Å². The zero-order valence-corrected chi connectivity index (χ0v) is 11.5. The van der Waals surface area contributed by atoms with E-state index >= 15 is 0 Å². The maximum atomic E-state index is 13.1. The molecule has 0 atom stereocenters. The van der Waals surface area contributed by atoms with E-state index in [1.54, 1.807) is 6.07 Å². The molecule has 3 nitrogen and oxygen atoms in total. The van der Waals surface area contributed by atoms with Crippen molar-refractivity contribution in [1.29, 1.82) is 0 Å². The van der Waals surface area contributed by atoms with Crippen molar-refractivity contribution >= 4 is 29.1 Å². The molecule has 0 saturated carbocycles. The van der Waals surface area contributed by atoms with Crippen molar-refractivity contribution in [1.82, 2.24) is 9.97 Å². The van der Waals surface area contributed by atoms with Crippen LogP contribution >= 0.6 is 11.8 Å². The fourth-order valence-corrected chi connectivity index (χ4v) is 2.83. The van der Waals surface area contributed by atoms with E-state index in [0.29, 0.717) is 21.9 Å². The number of aryl methyl sites for hydroxylation is 1. The molecule has 0 aliphatic carbocycles. The minimum Gasteiger partial charge on any atom is -0.333 e. The Morgan fingerprint density at radius 1 is 1.25 bits per heavy atom. The quantitative estimate of drug-likeness (QED) is 0.741. The number of aldehydes is 1. The number of hydrogen-bond donors (Lipinski definition) is 1. The monoisotopic (exact) mass is 286 g/mol. The van der Waals surface area contributed by atoms with Crippen molar-refractivity contribution in [3.8, 4) is 0 Å². The third-order valence-electron chi connectivity index (χ3n) is 2.92. The molecular formula is C15H11FN2OS. The molecule has 3 aromatic rings. The highest BCUT2D eigenvalue weighted by Gasteiger charge is 2.09. The highest BCUT2D eigenvalue weighted by molar-refractivity contribution is 7.99. The molecule has 0 bridgehead atoms. The molecule has 0 aliphatic heterocycles. The molecule has 0 amide bonds. The first-order valence-electron chi connectivity index (χ1n) is 6.04. The molecule has 0 spiro atoms. The number of imidazole rings is 1. The number of fused-ring (bicyclic) bond motifs is 1. The van der Waals surface area contributed by atoms with Gasteiger partial charge in [0.05, 0.1) is 11.0 Å². The Bertz CT molecular complexity index is 798. The van der Waals surface area contributed by atoms with E-state index in [4.69, 9.17) is 0 Å². The lowest BCUT2D eigenvalue weighted by Gasteiger charge is -2.01. The van der Waals surface area contributed by atoms with Gasteiger partial charge in [-0.25, -0.2) is 9.37 Å². The van der Waals surface area contributed by atoms with Gasteiger partial charge < -0.3 is 4.98 Å². The number of nitrogens with one attached hydrogen (secondary N) is 1. The highest BCUT2D eigenvalue weighted by Crippen LogP contribution is 2.29. The SMILES string of the molecule is Cc1ccc2nc(Sc3ccc(F)cc3C=O)[nH]c2c1. The van der Waals surface area contributed by atoms with Crippen molar-refractivity contribution in [3.63, 3.8) is 0 Å². The van der Waals surface area contributed by atoms with Gasteiger partial charge in [0.25, 0.3) is 0 Å². The molecular weight excluding hydrogens is 275 g/mol. The summed E-state index contributed by atoms with van der Waals surface area (Å²) in [7, 11) is 0. The summed E-state index contributed by atoms with van der Waals surface area (Å²) in [5.74, 6) is -0.420. The number of rotatable bonds is 3. The maximum absolute atomic E-state index is 13.1. The van der Waals surface area contributed by atoms with E-state index in [1.807, 2.05) is 25.1 Å². The van der Waals surface area contributed by atoms with Gasteiger partial charge in [0.2, 0.25) is 0 Å². The summed E-state index contributed by atoms with van der Waals surface area (Å²) in [6, 6.07) is 10.1. The number of carbonyl (C=O) groups excluding carboxylic acids is 1. The lowest BCUT2D eigenvalue weighted by atomic mass is 10.2. The number of aromatic amines is 1. The molecule has 0 radical (unpaired) electrons. The third kappa shape index (κ3) is 2.44. The van der Waals surface area contributed by atoms with Crippen LogP contribution in [0.4, 0.5) is 4.39 Å². The lowest BCUT2D eigenvalue weighted by Crippen LogP contribution is -1.87. The molecule has 1 heterocycles. The Balaban J connectivity index is 1.98. The zero-order chi connectivity index (χ0) is 14.1. The van der Waals surface area contributed by atoms with Gasteiger partial charge in [-0.2, -0.15) is 0 Å². The number of aromatic nitrogens is 2. The van der Waals surface area contributed by atoms with E-state index in [9.17, 15) is 9.18 Å². The number of H-pyrrole nitrogens is 1. The van der Waals surface area contributed by atoms with Gasteiger partial charge in [-0.15, -0.1) is 0 Å². The Labute approximate surface area is 119 Å². The molecule has 0 unspecified atom stereocenters. The van der Waals surface area contributed by atoms with Gasteiger partial charge in [0.1, 0.15) is 5.82 Å². The lowest BCUT2D eigenvalue weighted by molar-refractivity contribution is 0.112. The summed E-state index contributed by atoms with van der Waals surface area (Å²) in [5.41, 5.74) is 3.29. The first kappa shape index (κ1) is 12.9. The van der Waals surface area contributed by atoms with E-state index < -0.39 is 5.82 Å². The average Bonchev–Trinajstić information content (AvgIpc) is 2.82. The smallest absolute Gasteiger partial charge is 0.171 e. The zero-order valence-electron chi connectivity index (χ0n) is 10.7. The summed E-state index contributed by atoms with van der Waals surface area (Å²) < 4.78 is 13.1. The molecule has 3 rings (SSSR count). The first-order chi connectivity index (χ1) is 9.65. The van der Waals surface area contributed by atoms with Crippen molar-refractivity contribution in [2.75, 3.05) is 0 Å². The van der Waals surface area contributed by atoms with Gasteiger partial charge in [-0.3, -0.25) is 4.79 Å². The largest absolute Gasteiger partial charge is 0.333 e. The summed E-state index contributed by atoms with van der Waals surface area (Å²) >= 11 is 1.31.